The number of likely N-dealkylation sites (tertiary alicyclic amines) is 1. The van der Waals surface area contributed by atoms with Crippen LogP contribution in [0.1, 0.15) is 76.7 Å². The molecule has 31 heavy (non-hydrogen) atoms. The zero-order valence-electron chi connectivity index (χ0n) is 19.7. The lowest BCUT2D eigenvalue weighted by atomic mass is 9.87. The molecule has 172 valence electrons. The van der Waals surface area contributed by atoms with E-state index in [-0.39, 0.29) is 42.3 Å². The maximum absolute atomic E-state index is 12.3. The van der Waals surface area contributed by atoms with Crippen molar-refractivity contribution in [1.29, 1.82) is 0 Å². The molecule has 0 spiro atoms. The number of nitrogens with zero attached hydrogens (tertiary/aromatic N) is 1. The number of amides is 3. The summed E-state index contributed by atoms with van der Waals surface area (Å²) < 4.78 is 5.39. The highest BCUT2D eigenvalue weighted by molar-refractivity contribution is 5.94. The Hall–Kier alpha value is -2.57. The minimum Gasteiger partial charge on any atom is -0.444 e. The van der Waals surface area contributed by atoms with Gasteiger partial charge in [0.2, 0.25) is 5.91 Å². The van der Waals surface area contributed by atoms with Gasteiger partial charge in [0.05, 0.1) is 0 Å². The summed E-state index contributed by atoms with van der Waals surface area (Å²) in [5.41, 5.74) is 1.28. The summed E-state index contributed by atoms with van der Waals surface area (Å²) in [7, 11) is 0. The van der Waals surface area contributed by atoms with Crippen molar-refractivity contribution in [2.24, 2.45) is 0 Å². The Bertz CT molecular complexity index is 767. The van der Waals surface area contributed by atoms with Gasteiger partial charge >= 0.3 is 6.09 Å². The van der Waals surface area contributed by atoms with Crippen molar-refractivity contribution in [3.63, 3.8) is 0 Å². The lowest BCUT2D eigenvalue weighted by molar-refractivity contribution is -0.121. The zero-order valence-corrected chi connectivity index (χ0v) is 19.7. The van der Waals surface area contributed by atoms with E-state index in [1.54, 1.807) is 4.90 Å². The summed E-state index contributed by atoms with van der Waals surface area (Å²) in [6.45, 7) is 13.3. The minimum atomic E-state index is -0.513. The van der Waals surface area contributed by atoms with E-state index in [1.165, 1.54) is 5.56 Å². The average Bonchev–Trinajstić information content (AvgIpc) is 2.66. The quantitative estimate of drug-likeness (QED) is 0.745. The normalized spacial score (nSPS) is 15.4. The van der Waals surface area contributed by atoms with Crippen molar-refractivity contribution in [2.45, 2.75) is 77.9 Å². The maximum Gasteiger partial charge on any atom is 0.410 e. The second-order valence-corrected chi connectivity index (χ2v) is 10.1. The van der Waals surface area contributed by atoms with Gasteiger partial charge in [-0.1, -0.05) is 32.9 Å². The fourth-order valence-electron chi connectivity index (χ4n) is 3.35. The Kier molecular flexibility index (Phi) is 8.09. The fourth-order valence-corrected chi connectivity index (χ4v) is 3.35. The molecule has 1 saturated heterocycles. The molecular formula is C24H37N3O4. The molecule has 2 rings (SSSR count). The molecule has 0 aromatic heterocycles. The standard InChI is InChI=1S/C24H37N3O4/c1-23(2,3)18-9-7-17(8-10-18)21(29)25-14-11-20(28)26-19-12-15-27(16-13-19)22(30)31-24(4,5)6/h7-10,19H,11-16H2,1-6H3,(H,25,29)(H,26,28). The van der Waals surface area contributed by atoms with Crippen LogP contribution in [0.15, 0.2) is 24.3 Å². The number of carbonyl (C=O) groups is 3. The lowest BCUT2D eigenvalue weighted by Gasteiger charge is -2.33. The molecule has 0 aliphatic carbocycles. The SMILES string of the molecule is CC(C)(C)OC(=O)N1CCC(NC(=O)CCNC(=O)c2ccc(C(C)(C)C)cc2)CC1. The third-order valence-corrected chi connectivity index (χ3v) is 5.16. The van der Waals surface area contributed by atoms with Gasteiger partial charge in [-0.25, -0.2) is 4.79 Å². The first-order chi connectivity index (χ1) is 14.3. The molecule has 0 bridgehead atoms. The summed E-state index contributed by atoms with van der Waals surface area (Å²) in [6.07, 6.45) is 1.29. The third kappa shape index (κ3) is 8.23. The Morgan fingerprint density at radius 2 is 1.58 bits per heavy atom. The van der Waals surface area contributed by atoms with Crippen molar-refractivity contribution >= 4 is 17.9 Å². The van der Waals surface area contributed by atoms with E-state index in [9.17, 15) is 14.4 Å². The smallest absolute Gasteiger partial charge is 0.410 e. The summed E-state index contributed by atoms with van der Waals surface area (Å²) >= 11 is 0. The summed E-state index contributed by atoms with van der Waals surface area (Å²) in [6, 6.07) is 7.59. The molecule has 1 aromatic rings. The average molecular weight is 432 g/mol. The van der Waals surface area contributed by atoms with Crippen molar-refractivity contribution in [2.75, 3.05) is 19.6 Å². The van der Waals surface area contributed by atoms with E-state index < -0.39 is 5.60 Å². The molecule has 3 amide bonds. The molecule has 1 aliphatic rings. The third-order valence-electron chi connectivity index (χ3n) is 5.16. The highest BCUT2D eigenvalue weighted by Crippen LogP contribution is 2.22. The van der Waals surface area contributed by atoms with Crippen molar-refractivity contribution in [3.8, 4) is 0 Å². The number of nitrogens with one attached hydrogen (secondary N) is 2. The number of piperidine rings is 1. The van der Waals surface area contributed by atoms with Gasteiger partial charge in [0.15, 0.2) is 0 Å². The zero-order chi connectivity index (χ0) is 23.2. The van der Waals surface area contributed by atoms with Crippen LogP contribution in [0.4, 0.5) is 4.79 Å². The molecule has 2 N–H and O–H groups in total. The van der Waals surface area contributed by atoms with Gasteiger partial charge in [-0.15, -0.1) is 0 Å². The van der Waals surface area contributed by atoms with E-state index in [2.05, 4.69) is 31.4 Å². The number of hydrogen-bond donors (Lipinski definition) is 2. The van der Waals surface area contributed by atoms with Gasteiger partial charge in [-0.3, -0.25) is 9.59 Å². The predicted molar refractivity (Wildman–Crippen MR) is 121 cm³/mol. The molecule has 0 saturated carbocycles. The summed E-state index contributed by atoms with van der Waals surface area (Å²) in [5.74, 6) is -0.280. The molecular weight excluding hydrogens is 394 g/mol. The Morgan fingerprint density at radius 1 is 1.00 bits per heavy atom. The van der Waals surface area contributed by atoms with Crippen LogP contribution in [0.3, 0.4) is 0 Å². The molecule has 1 aliphatic heterocycles. The highest BCUT2D eigenvalue weighted by Gasteiger charge is 2.27. The van der Waals surface area contributed by atoms with E-state index in [0.717, 1.165) is 0 Å². The molecule has 1 aromatic carbocycles. The number of hydrogen-bond acceptors (Lipinski definition) is 4. The van der Waals surface area contributed by atoms with Crippen LogP contribution < -0.4 is 10.6 Å². The topological polar surface area (TPSA) is 87.7 Å². The monoisotopic (exact) mass is 431 g/mol. The lowest BCUT2D eigenvalue weighted by Crippen LogP contribution is -2.48. The van der Waals surface area contributed by atoms with E-state index >= 15 is 0 Å². The molecule has 0 unspecified atom stereocenters. The van der Waals surface area contributed by atoms with Gasteiger partial charge in [-0.2, -0.15) is 0 Å². The Balaban J connectivity index is 1.68. The van der Waals surface area contributed by atoms with E-state index in [0.29, 0.717) is 31.5 Å². The Morgan fingerprint density at radius 3 is 2.10 bits per heavy atom. The van der Waals surface area contributed by atoms with Crippen molar-refractivity contribution in [1.82, 2.24) is 15.5 Å². The second-order valence-electron chi connectivity index (χ2n) is 10.1. The van der Waals surface area contributed by atoms with Crippen LogP contribution in [0.2, 0.25) is 0 Å². The van der Waals surface area contributed by atoms with Crippen LogP contribution in [0.5, 0.6) is 0 Å². The number of benzene rings is 1. The fraction of sp³-hybridized carbons (Fsp3) is 0.625. The van der Waals surface area contributed by atoms with Crippen LogP contribution in [0, 0.1) is 0 Å². The van der Waals surface area contributed by atoms with Gasteiger partial charge in [0, 0.05) is 37.7 Å². The van der Waals surface area contributed by atoms with Crippen LogP contribution in [0.25, 0.3) is 0 Å². The van der Waals surface area contributed by atoms with Gasteiger partial charge in [0.25, 0.3) is 5.91 Å². The van der Waals surface area contributed by atoms with Gasteiger partial charge in [-0.05, 0) is 56.7 Å². The van der Waals surface area contributed by atoms with Crippen molar-refractivity contribution < 1.29 is 19.1 Å². The van der Waals surface area contributed by atoms with Crippen molar-refractivity contribution in [3.05, 3.63) is 35.4 Å². The highest BCUT2D eigenvalue weighted by atomic mass is 16.6. The van der Waals surface area contributed by atoms with Crippen LogP contribution >= 0.6 is 0 Å². The van der Waals surface area contributed by atoms with E-state index in [1.807, 2.05) is 45.0 Å². The number of rotatable bonds is 5. The molecule has 1 heterocycles. The largest absolute Gasteiger partial charge is 0.444 e. The predicted octanol–water partition coefficient (Wildman–Crippen LogP) is 3.62. The van der Waals surface area contributed by atoms with Crippen LogP contribution in [-0.4, -0.2) is 54.1 Å². The maximum atomic E-state index is 12.3. The van der Waals surface area contributed by atoms with Gasteiger partial charge < -0.3 is 20.3 Å². The summed E-state index contributed by atoms with van der Waals surface area (Å²) in [5, 5.41) is 5.79. The molecule has 7 nitrogen and oxygen atoms in total. The van der Waals surface area contributed by atoms with E-state index in [4.69, 9.17) is 4.74 Å². The molecule has 0 radical (unpaired) electrons. The second kappa shape index (κ2) is 10.2. The Labute approximate surface area is 185 Å². The number of carbonyl (C=O) groups excluding carboxylic acids is 3. The van der Waals surface area contributed by atoms with Gasteiger partial charge in [0.1, 0.15) is 5.60 Å². The summed E-state index contributed by atoms with van der Waals surface area (Å²) in [4.78, 5) is 38.3. The first-order valence-corrected chi connectivity index (χ1v) is 11.0. The van der Waals surface area contributed by atoms with Crippen LogP contribution in [-0.2, 0) is 14.9 Å². The molecule has 7 heteroatoms. The number of ether oxygens (including phenoxy) is 1. The first-order valence-electron chi connectivity index (χ1n) is 11.0. The molecule has 0 atom stereocenters. The first kappa shape index (κ1) is 24.7. The molecule has 1 fully saturated rings. The minimum absolute atomic E-state index is 0.0341.